The molecule has 0 radical (unpaired) electrons. The Morgan fingerprint density at radius 3 is 2.74 bits per heavy atom. The quantitative estimate of drug-likeness (QED) is 0.407. The number of benzene rings is 2. The highest BCUT2D eigenvalue weighted by atomic mass is 32.1. The van der Waals surface area contributed by atoms with Crippen LogP contribution in [-0.4, -0.2) is 36.6 Å². The molecule has 2 aromatic carbocycles. The number of hydrogen-bond donors (Lipinski definition) is 0. The highest BCUT2D eigenvalue weighted by Crippen LogP contribution is 2.37. The Bertz CT molecular complexity index is 1090. The first-order chi connectivity index (χ1) is 15.0. The number of rotatable bonds is 7. The zero-order valence-electron chi connectivity index (χ0n) is 17.6. The summed E-state index contributed by atoms with van der Waals surface area (Å²) in [7, 11) is 0. The van der Waals surface area contributed by atoms with Gasteiger partial charge in [0.2, 0.25) is 0 Å². The number of hydrogen-bond acceptors (Lipinski definition) is 6. The molecule has 0 aliphatic carbocycles. The Morgan fingerprint density at radius 1 is 1.19 bits per heavy atom. The second-order valence-electron chi connectivity index (χ2n) is 7.40. The van der Waals surface area contributed by atoms with Crippen LogP contribution in [0.2, 0.25) is 0 Å². The molecule has 0 saturated carbocycles. The Morgan fingerprint density at radius 2 is 2.00 bits per heavy atom. The molecule has 3 aromatic rings. The molecule has 0 unspecified atom stereocenters. The normalized spacial score (nSPS) is 13.0. The number of fused-ring (bicyclic) bond motifs is 1. The average molecular weight is 437 g/mol. The Balaban J connectivity index is 1.42. The van der Waals surface area contributed by atoms with Gasteiger partial charge in [-0.05, 0) is 50.5 Å². The van der Waals surface area contributed by atoms with E-state index in [4.69, 9.17) is 9.47 Å². The first-order valence-corrected chi connectivity index (χ1v) is 11.0. The average Bonchev–Trinajstić information content (AvgIpc) is 3.11. The zero-order chi connectivity index (χ0) is 21.8. The van der Waals surface area contributed by atoms with E-state index in [-0.39, 0.29) is 19.1 Å². The minimum absolute atomic E-state index is 0.0948. The van der Waals surface area contributed by atoms with Crippen molar-refractivity contribution >= 4 is 28.9 Å². The summed E-state index contributed by atoms with van der Waals surface area (Å²) in [5.74, 6) is -0.123. The third kappa shape index (κ3) is 4.94. The van der Waals surface area contributed by atoms with Crippen LogP contribution in [-0.2, 0) is 20.7 Å². The van der Waals surface area contributed by atoms with E-state index in [9.17, 15) is 9.59 Å². The Kier molecular flexibility index (Phi) is 6.32. The highest BCUT2D eigenvalue weighted by molar-refractivity contribution is 7.11. The summed E-state index contributed by atoms with van der Waals surface area (Å²) in [6.45, 7) is 4.07. The molecule has 1 aliphatic rings. The minimum atomic E-state index is -0.430. The maximum atomic E-state index is 12.5. The maximum Gasteiger partial charge on any atom is 0.326 e. The number of carbonyl (C=O) groups excluding carboxylic acids is 2. The van der Waals surface area contributed by atoms with Crippen LogP contribution in [0.4, 0.5) is 5.69 Å². The molecule has 0 spiro atoms. The maximum absolute atomic E-state index is 12.5. The molecule has 7 heteroatoms. The molecule has 2 heterocycles. The monoisotopic (exact) mass is 436 g/mol. The predicted octanol–water partition coefficient (Wildman–Crippen LogP) is 4.33. The number of thiazole rings is 1. The van der Waals surface area contributed by atoms with Crippen molar-refractivity contribution < 1.29 is 19.1 Å². The van der Waals surface area contributed by atoms with E-state index in [0.717, 1.165) is 34.0 Å². The fourth-order valence-electron chi connectivity index (χ4n) is 3.60. The Labute approximate surface area is 185 Å². The highest BCUT2D eigenvalue weighted by Gasteiger charge is 2.28. The standard InChI is InChI=1S/C24H24N2O4S/c1-16-24(25-17(2)31-16)19-10-11-21-20(13-19)26(22(27)15-30-21)14-23(28)29-12-6-9-18-7-4-3-5-8-18/h3-5,7-8,10-11,13H,6,9,12,14-15H2,1-2H3. The molecule has 0 fully saturated rings. The second-order valence-corrected chi connectivity index (χ2v) is 8.81. The molecule has 1 amide bonds. The number of amides is 1. The molecule has 6 nitrogen and oxygen atoms in total. The van der Waals surface area contributed by atoms with Crippen molar-refractivity contribution in [2.45, 2.75) is 26.7 Å². The number of carbonyl (C=O) groups is 2. The SMILES string of the molecule is Cc1nc(-c2ccc3c(c2)N(CC(=O)OCCCc2ccccc2)C(=O)CO3)c(C)s1. The van der Waals surface area contributed by atoms with Crippen LogP contribution >= 0.6 is 11.3 Å². The van der Waals surface area contributed by atoms with Gasteiger partial charge in [0.05, 0.1) is 23.0 Å². The molecule has 1 aliphatic heterocycles. The fraction of sp³-hybridized carbons (Fsp3) is 0.292. The number of anilines is 1. The summed E-state index contributed by atoms with van der Waals surface area (Å²) in [4.78, 5) is 32.1. The van der Waals surface area contributed by atoms with Gasteiger partial charge in [-0.1, -0.05) is 30.3 Å². The summed E-state index contributed by atoms with van der Waals surface area (Å²) in [6, 6.07) is 15.7. The first-order valence-electron chi connectivity index (χ1n) is 10.2. The first kappa shape index (κ1) is 21.1. The minimum Gasteiger partial charge on any atom is -0.482 e. The van der Waals surface area contributed by atoms with Crippen molar-refractivity contribution in [2.75, 3.05) is 24.7 Å². The molecule has 0 bridgehead atoms. The molecule has 0 atom stereocenters. The molecule has 0 saturated heterocycles. The van der Waals surface area contributed by atoms with Gasteiger partial charge in [0.1, 0.15) is 12.3 Å². The van der Waals surface area contributed by atoms with Crippen molar-refractivity contribution in [3.63, 3.8) is 0 Å². The summed E-state index contributed by atoms with van der Waals surface area (Å²) in [5.41, 5.74) is 3.54. The van der Waals surface area contributed by atoms with Gasteiger partial charge in [0, 0.05) is 10.4 Å². The van der Waals surface area contributed by atoms with Gasteiger partial charge in [-0.3, -0.25) is 14.5 Å². The van der Waals surface area contributed by atoms with E-state index in [1.165, 1.54) is 10.5 Å². The van der Waals surface area contributed by atoms with Crippen LogP contribution in [0, 0.1) is 13.8 Å². The molecular formula is C24H24N2O4S. The van der Waals surface area contributed by atoms with E-state index in [1.807, 2.05) is 62.4 Å². The van der Waals surface area contributed by atoms with Gasteiger partial charge in [-0.2, -0.15) is 0 Å². The lowest BCUT2D eigenvalue weighted by molar-refractivity contribution is -0.143. The lowest BCUT2D eigenvalue weighted by Crippen LogP contribution is -2.42. The van der Waals surface area contributed by atoms with Crippen molar-refractivity contribution in [1.82, 2.24) is 4.98 Å². The van der Waals surface area contributed by atoms with Crippen LogP contribution in [0.25, 0.3) is 11.3 Å². The number of ether oxygens (including phenoxy) is 2. The topological polar surface area (TPSA) is 68.7 Å². The molecule has 4 rings (SSSR count). The molecule has 160 valence electrons. The van der Waals surface area contributed by atoms with Crippen LogP contribution in [0.3, 0.4) is 0 Å². The van der Waals surface area contributed by atoms with Crippen molar-refractivity contribution in [1.29, 1.82) is 0 Å². The molecule has 0 N–H and O–H groups in total. The van der Waals surface area contributed by atoms with Crippen LogP contribution in [0.5, 0.6) is 5.75 Å². The largest absolute Gasteiger partial charge is 0.482 e. The lowest BCUT2D eigenvalue weighted by atomic mass is 10.1. The van der Waals surface area contributed by atoms with Gasteiger partial charge >= 0.3 is 5.97 Å². The third-order valence-electron chi connectivity index (χ3n) is 5.08. The van der Waals surface area contributed by atoms with E-state index in [0.29, 0.717) is 18.0 Å². The van der Waals surface area contributed by atoms with E-state index in [2.05, 4.69) is 4.98 Å². The smallest absolute Gasteiger partial charge is 0.326 e. The van der Waals surface area contributed by atoms with Crippen LogP contribution in [0.1, 0.15) is 21.9 Å². The Hall–Kier alpha value is -3.19. The van der Waals surface area contributed by atoms with Gasteiger partial charge in [0.15, 0.2) is 6.61 Å². The van der Waals surface area contributed by atoms with E-state index >= 15 is 0 Å². The summed E-state index contributed by atoms with van der Waals surface area (Å²) in [6.07, 6.45) is 1.57. The van der Waals surface area contributed by atoms with Gasteiger partial charge in [-0.15, -0.1) is 11.3 Å². The van der Waals surface area contributed by atoms with Gasteiger partial charge in [-0.25, -0.2) is 4.98 Å². The molecule has 31 heavy (non-hydrogen) atoms. The van der Waals surface area contributed by atoms with Crippen LogP contribution < -0.4 is 9.64 Å². The lowest BCUT2D eigenvalue weighted by Gasteiger charge is -2.29. The number of aromatic nitrogens is 1. The summed E-state index contributed by atoms with van der Waals surface area (Å²) >= 11 is 1.63. The van der Waals surface area contributed by atoms with Gasteiger partial charge in [0.25, 0.3) is 5.91 Å². The number of esters is 1. The van der Waals surface area contributed by atoms with E-state index in [1.54, 1.807) is 11.3 Å². The summed E-state index contributed by atoms with van der Waals surface area (Å²) in [5, 5.41) is 0.980. The van der Waals surface area contributed by atoms with Gasteiger partial charge < -0.3 is 9.47 Å². The summed E-state index contributed by atoms with van der Waals surface area (Å²) < 4.78 is 10.9. The molecule has 1 aromatic heterocycles. The van der Waals surface area contributed by atoms with Crippen LogP contribution in [0.15, 0.2) is 48.5 Å². The fourth-order valence-corrected chi connectivity index (χ4v) is 4.44. The van der Waals surface area contributed by atoms with Crippen molar-refractivity contribution in [2.24, 2.45) is 0 Å². The van der Waals surface area contributed by atoms with Crippen molar-refractivity contribution in [3.05, 3.63) is 64.0 Å². The second kappa shape index (κ2) is 9.31. The number of aryl methyl sites for hydroxylation is 3. The van der Waals surface area contributed by atoms with E-state index < -0.39 is 5.97 Å². The predicted molar refractivity (Wildman–Crippen MR) is 121 cm³/mol. The zero-order valence-corrected chi connectivity index (χ0v) is 18.4. The van der Waals surface area contributed by atoms with Crippen molar-refractivity contribution in [3.8, 4) is 17.0 Å². The number of nitrogens with zero attached hydrogens (tertiary/aromatic N) is 2. The third-order valence-corrected chi connectivity index (χ3v) is 5.97. The molecular weight excluding hydrogens is 412 g/mol.